The van der Waals surface area contributed by atoms with Crippen LogP contribution >= 0.6 is 0 Å². The zero-order valence-electron chi connectivity index (χ0n) is 19.5. The Morgan fingerprint density at radius 3 is 2.23 bits per heavy atom. The van der Waals surface area contributed by atoms with Crippen LogP contribution < -0.4 is 0 Å². The summed E-state index contributed by atoms with van der Waals surface area (Å²) in [6.45, 7) is 12.8. The molecule has 0 aliphatic heterocycles. The van der Waals surface area contributed by atoms with Crippen LogP contribution in [-0.2, 0) is 14.3 Å². The fourth-order valence-corrected chi connectivity index (χ4v) is 8.46. The molecule has 0 radical (unpaired) electrons. The van der Waals surface area contributed by atoms with Gasteiger partial charge in [-0.15, -0.1) is 0 Å². The number of rotatable bonds is 1. The summed E-state index contributed by atoms with van der Waals surface area (Å²) < 4.78 is 4.99. The van der Waals surface area contributed by atoms with Crippen LogP contribution in [0.15, 0.2) is 11.3 Å². The molecule has 2 bridgehead atoms. The van der Waals surface area contributed by atoms with Crippen LogP contribution in [0.5, 0.6) is 0 Å². The number of Topliss-reactive ketones (excluding diaryl/α,β-unsaturated/α-hetero) is 1. The van der Waals surface area contributed by atoms with E-state index in [9.17, 15) is 19.8 Å². The maximum atomic E-state index is 13.7. The Morgan fingerprint density at radius 1 is 1.03 bits per heavy atom. The van der Waals surface area contributed by atoms with Crippen molar-refractivity contribution >= 4 is 11.8 Å². The van der Waals surface area contributed by atoms with Crippen molar-refractivity contribution in [2.45, 2.75) is 79.8 Å². The quantitative estimate of drug-likeness (QED) is 0.615. The summed E-state index contributed by atoms with van der Waals surface area (Å²) in [6.07, 6.45) is 3.85. The molecule has 3 fully saturated rings. The van der Waals surface area contributed by atoms with E-state index in [2.05, 4.69) is 27.7 Å². The molecule has 0 aromatic carbocycles. The number of allylic oxidation sites excluding steroid dienone is 1. The lowest BCUT2D eigenvalue weighted by molar-refractivity contribution is -0.210. The van der Waals surface area contributed by atoms with E-state index < -0.39 is 22.7 Å². The minimum absolute atomic E-state index is 0.0152. The van der Waals surface area contributed by atoms with Gasteiger partial charge in [0, 0.05) is 11.3 Å². The zero-order chi connectivity index (χ0) is 22.4. The lowest BCUT2D eigenvalue weighted by Crippen LogP contribution is -2.67. The minimum Gasteiger partial charge on any atom is -0.511 e. The number of ether oxygens (including phenoxy) is 1. The lowest BCUT2D eigenvalue weighted by Gasteiger charge is -2.69. The normalized spacial score (nSPS) is 49.9. The molecular weight excluding hydrogens is 380 g/mol. The average molecular weight is 419 g/mol. The largest absolute Gasteiger partial charge is 0.511 e. The summed E-state index contributed by atoms with van der Waals surface area (Å²) in [4.78, 5) is 26.3. The lowest BCUT2D eigenvalue weighted by atomic mass is 9.35. The van der Waals surface area contributed by atoms with Gasteiger partial charge < -0.3 is 14.9 Å². The number of aliphatic hydroxyl groups excluding tert-OH is 2. The van der Waals surface area contributed by atoms with E-state index in [4.69, 9.17) is 4.74 Å². The van der Waals surface area contributed by atoms with Gasteiger partial charge in [0.05, 0.1) is 24.7 Å². The predicted molar refractivity (Wildman–Crippen MR) is 114 cm³/mol. The number of aliphatic hydroxyl groups is 2. The topological polar surface area (TPSA) is 83.8 Å². The van der Waals surface area contributed by atoms with E-state index in [0.717, 1.165) is 25.7 Å². The van der Waals surface area contributed by atoms with E-state index in [1.54, 1.807) is 0 Å². The molecule has 0 amide bonds. The van der Waals surface area contributed by atoms with Crippen LogP contribution in [0.4, 0.5) is 0 Å². The molecule has 8 atom stereocenters. The molecule has 5 heteroatoms. The van der Waals surface area contributed by atoms with Crippen molar-refractivity contribution in [1.29, 1.82) is 0 Å². The van der Waals surface area contributed by atoms with Crippen LogP contribution in [0.3, 0.4) is 0 Å². The van der Waals surface area contributed by atoms with Crippen molar-refractivity contribution < 1.29 is 24.5 Å². The molecule has 168 valence electrons. The first-order valence-electron chi connectivity index (χ1n) is 11.5. The van der Waals surface area contributed by atoms with Gasteiger partial charge in [0.15, 0.2) is 5.78 Å². The van der Waals surface area contributed by atoms with Gasteiger partial charge in [0.1, 0.15) is 5.76 Å². The van der Waals surface area contributed by atoms with Crippen molar-refractivity contribution in [3.8, 4) is 0 Å². The highest BCUT2D eigenvalue weighted by Crippen LogP contribution is 2.72. The molecule has 2 N–H and O–H groups in total. The summed E-state index contributed by atoms with van der Waals surface area (Å²) in [5.41, 5.74) is -0.999. The Morgan fingerprint density at radius 2 is 1.63 bits per heavy atom. The zero-order valence-corrected chi connectivity index (χ0v) is 19.5. The highest BCUT2D eigenvalue weighted by molar-refractivity contribution is 5.99. The summed E-state index contributed by atoms with van der Waals surface area (Å²) >= 11 is 0. The first-order valence-corrected chi connectivity index (χ1v) is 11.5. The number of carbonyl (C=O) groups is 2. The van der Waals surface area contributed by atoms with Gasteiger partial charge in [0.2, 0.25) is 0 Å². The van der Waals surface area contributed by atoms with Gasteiger partial charge in [-0.1, -0.05) is 41.5 Å². The van der Waals surface area contributed by atoms with Gasteiger partial charge in [0.25, 0.3) is 0 Å². The number of hydrogen-bond donors (Lipinski definition) is 2. The molecule has 3 saturated carbocycles. The van der Waals surface area contributed by atoms with Crippen molar-refractivity contribution in [2.75, 3.05) is 7.11 Å². The Kier molecular flexibility index (Phi) is 4.62. The van der Waals surface area contributed by atoms with Gasteiger partial charge in [-0.05, 0) is 60.2 Å². The molecule has 4 aliphatic carbocycles. The molecule has 0 aromatic rings. The molecule has 5 nitrogen and oxygen atoms in total. The number of fused-ring (bicyclic) bond motifs is 6. The molecule has 0 saturated heterocycles. The molecule has 4 rings (SSSR count). The van der Waals surface area contributed by atoms with Crippen LogP contribution in [0, 0.1) is 45.3 Å². The number of esters is 1. The maximum absolute atomic E-state index is 13.7. The standard InChI is InChI=1S/C25H38O5/c1-13-17(21(29)30-7)19(27)18-20(28)25(13,6)12-15-23(4)11-9-16(26)22(2,3)14(23)8-10-24(15,18)5/h13-16,18,26-27H,8-12H2,1-7H3/t13-,14+,15-,16-,18+,23+,24-,25-/m1/s1. The van der Waals surface area contributed by atoms with E-state index in [1.807, 2.05) is 13.8 Å². The monoisotopic (exact) mass is 418 g/mol. The summed E-state index contributed by atoms with van der Waals surface area (Å²) in [7, 11) is 1.33. The van der Waals surface area contributed by atoms with Gasteiger partial charge in [-0.2, -0.15) is 0 Å². The first-order chi connectivity index (χ1) is 13.8. The third kappa shape index (κ3) is 2.39. The van der Waals surface area contributed by atoms with Crippen molar-refractivity contribution in [3.05, 3.63) is 11.3 Å². The van der Waals surface area contributed by atoms with Crippen LogP contribution in [0.25, 0.3) is 0 Å². The number of carbonyl (C=O) groups excluding carboxylic acids is 2. The van der Waals surface area contributed by atoms with Gasteiger partial charge >= 0.3 is 5.97 Å². The fourth-order valence-electron chi connectivity index (χ4n) is 8.46. The SMILES string of the molecule is COC(=O)C1=C(O)[C@H]2C(=O)[C@](C)(C[C@H]3[C@@]2(C)CC[C@H]2C(C)(C)[C@H](O)CC[C@]32C)[C@@H]1C. The third-order valence-corrected chi connectivity index (χ3v) is 10.5. The van der Waals surface area contributed by atoms with Crippen LogP contribution in [-0.4, -0.2) is 35.2 Å². The highest BCUT2D eigenvalue weighted by Gasteiger charge is 2.70. The number of hydrogen-bond acceptors (Lipinski definition) is 5. The average Bonchev–Trinajstić information content (AvgIpc) is 2.66. The van der Waals surface area contributed by atoms with E-state index in [0.29, 0.717) is 12.3 Å². The third-order valence-electron chi connectivity index (χ3n) is 10.5. The van der Waals surface area contributed by atoms with Gasteiger partial charge in [-0.25, -0.2) is 4.79 Å². The summed E-state index contributed by atoms with van der Waals surface area (Å²) in [5.74, 6) is -0.925. The summed E-state index contributed by atoms with van der Waals surface area (Å²) in [5, 5.41) is 22.0. The predicted octanol–water partition coefficient (Wildman–Crippen LogP) is 4.44. The molecule has 4 aliphatic rings. The molecule has 0 heterocycles. The Bertz CT molecular complexity index is 827. The molecule has 0 spiro atoms. The van der Waals surface area contributed by atoms with Crippen LogP contribution in [0.1, 0.15) is 73.6 Å². The smallest absolute Gasteiger partial charge is 0.337 e. The van der Waals surface area contributed by atoms with Crippen LogP contribution in [0.2, 0.25) is 0 Å². The maximum Gasteiger partial charge on any atom is 0.337 e. The second kappa shape index (κ2) is 6.34. The van der Waals surface area contributed by atoms with E-state index in [1.165, 1.54) is 7.11 Å². The van der Waals surface area contributed by atoms with Gasteiger partial charge in [-0.3, -0.25) is 4.79 Å². The number of ketones is 1. The highest BCUT2D eigenvalue weighted by atomic mass is 16.5. The second-order valence-electron chi connectivity index (χ2n) is 12.0. The minimum atomic E-state index is -0.699. The molecular formula is C25H38O5. The molecule has 0 aromatic heterocycles. The fraction of sp³-hybridized carbons (Fsp3) is 0.840. The number of methoxy groups -OCH3 is 1. The molecule has 0 unspecified atom stereocenters. The second-order valence-corrected chi connectivity index (χ2v) is 12.0. The van der Waals surface area contributed by atoms with E-state index in [-0.39, 0.29) is 45.9 Å². The first kappa shape index (κ1) is 21.9. The Labute approximate surface area is 180 Å². The van der Waals surface area contributed by atoms with Crippen molar-refractivity contribution in [3.63, 3.8) is 0 Å². The summed E-state index contributed by atoms with van der Waals surface area (Å²) in [6, 6.07) is 0. The molecule has 30 heavy (non-hydrogen) atoms. The van der Waals surface area contributed by atoms with E-state index >= 15 is 0 Å². The Balaban J connectivity index is 1.89. The Hall–Kier alpha value is -1.36. The van der Waals surface area contributed by atoms with Crippen molar-refractivity contribution in [1.82, 2.24) is 0 Å². The van der Waals surface area contributed by atoms with Crippen molar-refractivity contribution in [2.24, 2.45) is 45.3 Å².